The minimum absolute atomic E-state index is 0.171. The summed E-state index contributed by atoms with van der Waals surface area (Å²) in [5, 5.41) is 4.40. The summed E-state index contributed by atoms with van der Waals surface area (Å²) < 4.78 is 1.95. The maximum atomic E-state index is 6.52. The van der Waals surface area contributed by atoms with Gasteiger partial charge in [0, 0.05) is 30.6 Å². The molecule has 0 aliphatic heterocycles. The van der Waals surface area contributed by atoms with Gasteiger partial charge in [0.15, 0.2) is 0 Å². The number of hydrogen-bond donors (Lipinski definition) is 1. The van der Waals surface area contributed by atoms with Crippen molar-refractivity contribution in [3.05, 3.63) is 53.3 Å². The average molecular weight is 255 g/mol. The van der Waals surface area contributed by atoms with E-state index in [9.17, 15) is 0 Å². The van der Waals surface area contributed by atoms with E-state index in [-0.39, 0.29) is 11.5 Å². The van der Waals surface area contributed by atoms with Gasteiger partial charge in [-0.15, -0.1) is 0 Å². The first-order valence-electron chi connectivity index (χ1n) is 6.92. The van der Waals surface area contributed by atoms with Crippen molar-refractivity contribution in [2.75, 3.05) is 0 Å². The predicted molar refractivity (Wildman–Crippen MR) is 77.0 cm³/mol. The molecule has 0 spiro atoms. The van der Waals surface area contributed by atoms with Crippen LogP contribution in [0.5, 0.6) is 0 Å². The van der Waals surface area contributed by atoms with Crippen LogP contribution in [0, 0.1) is 6.92 Å². The Morgan fingerprint density at radius 3 is 2.53 bits per heavy atom. The van der Waals surface area contributed by atoms with Crippen molar-refractivity contribution in [3.8, 4) is 0 Å². The van der Waals surface area contributed by atoms with E-state index in [1.54, 1.807) is 0 Å². The second-order valence-corrected chi connectivity index (χ2v) is 5.73. The van der Waals surface area contributed by atoms with Gasteiger partial charge < -0.3 is 5.73 Å². The summed E-state index contributed by atoms with van der Waals surface area (Å²) in [6.07, 6.45) is 3.30. The molecule has 0 saturated heterocycles. The van der Waals surface area contributed by atoms with Gasteiger partial charge in [-0.25, -0.2) is 0 Å². The fraction of sp³-hybridized carbons (Fsp3) is 0.438. The van der Waals surface area contributed by atoms with Crippen LogP contribution >= 0.6 is 0 Å². The Morgan fingerprint density at radius 1 is 1.32 bits per heavy atom. The molecule has 0 radical (unpaired) electrons. The molecular weight excluding hydrogens is 234 g/mol. The summed E-state index contributed by atoms with van der Waals surface area (Å²) in [6, 6.07) is 13.0. The standard InChI is InChI=1S/C16H21N3/c1-12-10-14(19(2)18-12)11-15(17)16(8-9-16)13-6-4-3-5-7-13/h3-7,10,15H,8-9,11,17H2,1-2H3. The Morgan fingerprint density at radius 2 is 2.00 bits per heavy atom. The Hall–Kier alpha value is -1.61. The summed E-state index contributed by atoms with van der Waals surface area (Å²) in [6.45, 7) is 2.03. The summed E-state index contributed by atoms with van der Waals surface area (Å²) in [4.78, 5) is 0. The molecule has 100 valence electrons. The molecule has 3 rings (SSSR count). The van der Waals surface area contributed by atoms with Crippen molar-refractivity contribution in [3.63, 3.8) is 0 Å². The monoisotopic (exact) mass is 255 g/mol. The zero-order valence-electron chi connectivity index (χ0n) is 11.6. The Balaban J connectivity index is 1.81. The number of nitrogens with zero attached hydrogens (tertiary/aromatic N) is 2. The van der Waals surface area contributed by atoms with Gasteiger partial charge in [0.2, 0.25) is 0 Å². The van der Waals surface area contributed by atoms with Crippen molar-refractivity contribution < 1.29 is 0 Å². The SMILES string of the molecule is Cc1cc(CC(N)C2(c3ccccc3)CC2)n(C)n1. The number of aromatic nitrogens is 2. The van der Waals surface area contributed by atoms with E-state index in [2.05, 4.69) is 41.5 Å². The fourth-order valence-corrected chi connectivity index (χ4v) is 3.05. The summed E-state index contributed by atoms with van der Waals surface area (Å²) in [5.41, 5.74) is 10.4. The molecule has 1 heterocycles. The van der Waals surface area contributed by atoms with Gasteiger partial charge in [-0.1, -0.05) is 30.3 Å². The van der Waals surface area contributed by atoms with Crippen LogP contribution in [0.25, 0.3) is 0 Å². The molecule has 0 amide bonds. The highest BCUT2D eigenvalue weighted by Crippen LogP contribution is 2.50. The van der Waals surface area contributed by atoms with Crippen LogP contribution in [0.15, 0.2) is 36.4 Å². The highest BCUT2D eigenvalue weighted by molar-refractivity contribution is 5.34. The van der Waals surface area contributed by atoms with Gasteiger partial charge >= 0.3 is 0 Å². The fourth-order valence-electron chi connectivity index (χ4n) is 3.05. The highest BCUT2D eigenvalue weighted by atomic mass is 15.3. The molecule has 2 N–H and O–H groups in total. The van der Waals surface area contributed by atoms with Crippen molar-refractivity contribution in [1.82, 2.24) is 9.78 Å². The topological polar surface area (TPSA) is 43.8 Å². The van der Waals surface area contributed by atoms with E-state index in [0.717, 1.165) is 12.1 Å². The van der Waals surface area contributed by atoms with Gasteiger partial charge in [-0.3, -0.25) is 4.68 Å². The highest BCUT2D eigenvalue weighted by Gasteiger charge is 2.49. The zero-order valence-corrected chi connectivity index (χ0v) is 11.6. The largest absolute Gasteiger partial charge is 0.327 e. The maximum absolute atomic E-state index is 6.52. The minimum atomic E-state index is 0.171. The second kappa shape index (κ2) is 4.49. The lowest BCUT2D eigenvalue weighted by Gasteiger charge is -2.24. The van der Waals surface area contributed by atoms with Gasteiger partial charge in [-0.2, -0.15) is 5.10 Å². The Bertz CT molecular complexity index is 567. The lowest BCUT2D eigenvalue weighted by Crippen LogP contribution is -2.37. The molecule has 1 unspecified atom stereocenters. The van der Waals surface area contributed by atoms with Crippen LogP contribution in [-0.4, -0.2) is 15.8 Å². The van der Waals surface area contributed by atoms with E-state index in [1.165, 1.54) is 24.1 Å². The lowest BCUT2D eigenvalue weighted by atomic mass is 9.86. The molecule has 1 aromatic heterocycles. The first kappa shape index (κ1) is 12.4. The van der Waals surface area contributed by atoms with Crippen LogP contribution in [0.1, 0.15) is 29.8 Å². The van der Waals surface area contributed by atoms with E-state index < -0.39 is 0 Å². The quantitative estimate of drug-likeness (QED) is 0.911. The molecule has 1 aliphatic carbocycles. The molecule has 2 aromatic rings. The number of rotatable bonds is 4. The van der Waals surface area contributed by atoms with Crippen LogP contribution in [0.4, 0.5) is 0 Å². The molecular formula is C16H21N3. The molecule has 3 nitrogen and oxygen atoms in total. The van der Waals surface area contributed by atoms with Crippen LogP contribution in [-0.2, 0) is 18.9 Å². The van der Waals surface area contributed by atoms with Gasteiger partial charge in [0.25, 0.3) is 0 Å². The summed E-state index contributed by atoms with van der Waals surface area (Å²) in [7, 11) is 2.00. The Kier molecular flexibility index (Phi) is 2.94. The molecule has 3 heteroatoms. The van der Waals surface area contributed by atoms with Crippen molar-refractivity contribution >= 4 is 0 Å². The minimum Gasteiger partial charge on any atom is -0.327 e. The number of aryl methyl sites for hydroxylation is 2. The number of hydrogen-bond acceptors (Lipinski definition) is 2. The van der Waals surface area contributed by atoms with E-state index >= 15 is 0 Å². The Labute approximate surface area is 114 Å². The maximum Gasteiger partial charge on any atom is 0.0596 e. The first-order chi connectivity index (χ1) is 9.12. The van der Waals surface area contributed by atoms with E-state index in [4.69, 9.17) is 5.73 Å². The third-order valence-electron chi connectivity index (χ3n) is 4.38. The van der Waals surface area contributed by atoms with Crippen molar-refractivity contribution in [2.24, 2.45) is 12.8 Å². The molecule has 19 heavy (non-hydrogen) atoms. The normalized spacial score (nSPS) is 18.3. The third kappa shape index (κ3) is 2.19. The van der Waals surface area contributed by atoms with Crippen molar-refractivity contribution in [2.45, 2.75) is 37.6 Å². The van der Waals surface area contributed by atoms with Crippen molar-refractivity contribution in [1.29, 1.82) is 0 Å². The summed E-state index contributed by atoms with van der Waals surface area (Å²) >= 11 is 0. The second-order valence-electron chi connectivity index (χ2n) is 5.73. The molecule has 1 aromatic carbocycles. The third-order valence-corrected chi connectivity index (χ3v) is 4.38. The molecule has 1 fully saturated rings. The van der Waals surface area contributed by atoms with Gasteiger partial charge in [0.05, 0.1) is 5.69 Å². The number of benzene rings is 1. The summed E-state index contributed by atoms with van der Waals surface area (Å²) in [5.74, 6) is 0. The van der Waals surface area contributed by atoms with Crippen LogP contribution < -0.4 is 5.73 Å². The smallest absolute Gasteiger partial charge is 0.0596 e. The molecule has 1 aliphatic rings. The average Bonchev–Trinajstić information content (AvgIpc) is 3.14. The lowest BCUT2D eigenvalue weighted by molar-refractivity contribution is 0.498. The molecule has 1 atom stereocenters. The zero-order chi connectivity index (χ0) is 13.5. The predicted octanol–water partition coefficient (Wildman–Crippen LogP) is 2.33. The van der Waals surface area contributed by atoms with Gasteiger partial charge in [0.1, 0.15) is 0 Å². The van der Waals surface area contributed by atoms with Crippen LogP contribution in [0.2, 0.25) is 0 Å². The van der Waals surface area contributed by atoms with Crippen LogP contribution in [0.3, 0.4) is 0 Å². The van der Waals surface area contributed by atoms with E-state index in [0.29, 0.717) is 0 Å². The first-order valence-corrected chi connectivity index (χ1v) is 6.92. The van der Waals surface area contributed by atoms with E-state index in [1.807, 2.05) is 18.7 Å². The molecule has 1 saturated carbocycles. The molecule has 0 bridgehead atoms. The van der Waals surface area contributed by atoms with Gasteiger partial charge in [-0.05, 0) is 31.4 Å². The number of nitrogens with two attached hydrogens (primary N) is 1.